The maximum Gasteiger partial charge on any atom is 0.192 e. The van der Waals surface area contributed by atoms with E-state index in [0.29, 0.717) is 0 Å². The Balaban J connectivity index is 2.15. The van der Waals surface area contributed by atoms with Crippen molar-refractivity contribution in [3.8, 4) is 0 Å². The average molecular weight is 329 g/mol. The Labute approximate surface area is 106 Å². The predicted molar refractivity (Wildman–Crippen MR) is 69.7 cm³/mol. The summed E-state index contributed by atoms with van der Waals surface area (Å²) in [6.07, 6.45) is 3.60. The number of hydrogen-bond donors (Lipinski definition) is 1. The van der Waals surface area contributed by atoms with Crippen molar-refractivity contribution in [3.05, 3.63) is 40.2 Å². The van der Waals surface area contributed by atoms with Gasteiger partial charge in [-0.1, -0.05) is 0 Å². The van der Waals surface area contributed by atoms with E-state index in [-0.39, 0.29) is 0 Å². The maximum atomic E-state index is 5.60. The predicted octanol–water partition coefficient (Wildman–Crippen LogP) is 2.81. The van der Waals surface area contributed by atoms with Crippen LogP contribution in [0, 0.1) is 3.57 Å². The minimum Gasteiger partial charge on any atom is -0.399 e. The van der Waals surface area contributed by atoms with Crippen LogP contribution in [0.2, 0.25) is 0 Å². The summed E-state index contributed by atoms with van der Waals surface area (Å²) in [6.45, 7) is 0. The summed E-state index contributed by atoms with van der Waals surface area (Å²) in [6, 6.07) is 7.66. The summed E-state index contributed by atoms with van der Waals surface area (Å²) < 4.78 is 1.04. The molecule has 1 heterocycles. The zero-order valence-electron chi connectivity index (χ0n) is 7.72. The van der Waals surface area contributed by atoms with Crippen LogP contribution in [0.25, 0.3) is 0 Å². The highest BCUT2D eigenvalue weighted by Gasteiger charge is 1.99. The molecule has 1 aromatic heterocycles. The van der Waals surface area contributed by atoms with Gasteiger partial charge in [-0.3, -0.25) is 0 Å². The molecule has 2 N–H and O–H groups in total. The number of halogens is 1. The second-order valence-corrected chi connectivity index (χ2v) is 5.14. The number of hydrogen-bond acceptors (Lipinski definition) is 4. The van der Waals surface area contributed by atoms with Crippen LogP contribution >= 0.6 is 34.4 Å². The van der Waals surface area contributed by atoms with Gasteiger partial charge in [-0.05, 0) is 58.6 Å². The summed E-state index contributed by atoms with van der Waals surface area (Å²) in [7, 11) is 0. The van der Waals surface area contributed by atoms with Gasteiger partial charge in [0.2, 0.25) is 0 Å². The highest BCUT2D eigenvalue weighted by atomic mass is 127. The van der Waals surface area contributed by atoms with Crippen LogP contribution in [0.5, 0.6) is 0 Å². The van der Waals surface area contributed by atoms with E-state index in [0.717, 1.165) is 19.3 Å². The lowest BCUT2D eigenvalue weighted by molar-refractivity contribution is 0.957. The van der Waals surface area contributed by atoms with Crippen LogP contribution in [0.1, 0.15) is 0 Å². The fraction of sp³-hybridized carbons (Fsp3) is 0. The Bertz CT molecular complexity index is 398. The first kappa shape index (κ1) is 10.7. The van der Waals surface area contributed by atoms with Gasteiger partial charge in [-0.25, -0.2) is 9.97 Å². The third kappa shape index (κ3) is 3.07. The summed E-state index contributed by atoms with van der Waals surface area (Å²) in [4.78, 5) is 9.51. The van der Waals surface area contributed by atoms with E-state index < -0.39 is 0 Å². The number of rotatable bonds is 2. The zero-order valence-corrected chi connectivity index (χ0v) is 10.7. The van der Waals surface area contributed by atoms with E-state index in [9.17, 15) is 0 Å². The molecule has 0 aliphatic heterocycles. The molecule has 2 rings (SSSR count). The molecule has 0 bridgehead atoms. The molecule has 1 aromatic carbocycles. The molecule has 0 atom stereocenters. The largest absolute Gasteiger partial charge is 0.399 e. The SMILES string of the molecule is Nc1ccc(Sc2ncc(I)cn2)cc1. The van der Waals surface area contributed by atoms with Crippen molar-refractivity contribution in [1.82, 2.24) is 9.97 Å². The lowest BCUT2D eigenvalue weighted by Crippen LogP contribution is -1.87. The first-order chi connectivity index (χ1) is 7.24. The van der Waals surface area contributed by atoms with Gasteiger partial charge in [0, 0.05) is 26.5 Å². The Hall–Kier alpha value is -0.820. The zero-order chi connectivity index (χ0) is 10.7. The monoisotopic (exact) mass is 329 g/mol. The van der Waals surface area contributed by atoms with Crippen molar-refractivity contribution in [2.45, 2.75) is 10.1 Å². The van der Waals surface area contributed by atoms with Gasteiger partial charge in [0.25, 0.3) is 0 Å². The molecule has 0 saturated heterocycles. The minimum atomic E-state index is 0.750. The standard InChI is InChI=1S/C10H8IN3S/c11-7-5-13-10(14-6-7)15-9-3-1-8(12)2-4-9/h1-6H,12H2. The van der Waals surface area contributed by atoms with E-state index in [1.54, 1.807) is 12.4 Å². The van der Waals surface area contributed by atoms with Gasteiger partial charge < -0.3 is 5.73 Å². The first-order valence-corrected chi connectivity index (χ1v) is 6.14. The molecule has 0 radical (unpaired) electrons. The van der Waals surface area contributed by atoms with Crippen LogP contribution in [0.15, 0.2) is 46.7 Å². The number of benzene rings is 1. The molecular weight excluding hydrogens is 321 g/mol. The quantitative estimate of drug-likeness (QED) is 0.523. The fourth-order valence-electron chi connectivity index (χ4n) is 0.994. The second-order valence-electron chi connectivity index (χ2n) is 2.85. The molecule has 0 fully saturated rings. The Morgan fingerprint density at radius 3 is 2.27 bits per heavy atom. The number of nitrogens with zero attached hydrogens (tertiary/aromatic N) is 2. The van der Waals surface area contributed by atoms with Crippen molar-refractivity contribution in [1.29, 1.82) is 0 Å². The number of aromatic nitrogens is 2. The summed E-state index contributed by atoms with van der Waals surface area (Å²) in [5.74, 6) is 0. The molecule has 0 aliphatic carbocycles. The van der Waals surface area contributed by atoms with E-state index in [1.165, 1.54) is 11.8 Å². The average Bonchev–Trinajstić information content (AvgIpc) is 2.25. The number of nitrogens with two attached hydrogens (primary N) is 1. The molecule has 0 unspecified atom stereocenters. The van der Waals surface area contributed by atoms with Crippen molar-refractivity contribution in [3.63, 3.8) is 0 Å². The van der Waals surface area contributed by atoms with E-state index >= 15 is 0 Å². The highest BCUT2D eigenvalue weighted by Crippen LogP contribution is 2.24. The van der Waals surface area contributed by atoms with E-state index in [2.05, 4.69) is 32.6 Å². The second kappa shape index (κ2) is 4.80. The molecule has 0 saturated carbocycles. The van der Waals surface area contributed by atoms with Gasteiger partial charge >= 0.3 is 0 Å². The molecule has 3 nitrogen and oxygen atoms in total. The maximum absolute atomic E-state index is 5.60. The molecule has 2 aromatic rings. The topological polar surface area (TPSA) is 51.8 Å². The van der Waals surface area contributed by atoms with Gasteiger partial charge in [0.05, 0.1) is 0 Å². The third-order valence-corrected chi connectivity index (χ3v) is 3.14. The molecule has 0 aliphatic rings. The number of anilines is 1. The number of nitrogen functional groups attached to an aromatic ring is 1. The Morgan fingerprint density at radius 1 is 1.07 bits per heavy atom. The van der Waals surface area contributed by atoms with E-state index in [4.69, 9.17) is 5.73 Å². The summed E-state index contributed by atoms with van der Waals surface area (Å²) in [5, 5.41) is 0.750. The Kier molecular flexibility index (Phi) is 3.42. The smallest absolute Gasteiger partial charge is 0.192 e. The van der Waals surface area contributed by atoms with E-state index in [1.807, 2.05) is 24.3 Å². The Morgan fingerprint density at radius 2 is 1.67 bits per heavy atom. The van der Waals surface area contributed by atoms with Gasteiger partial charge in [-0.15, -0.1) is 0 Å². The molecular formula is C10H8IN3S. The van der Waals surface area contributed by atoms with Crippen LogP contribution in [0.4, 0.5) is 5.69 Å². The lowest BCUT2D eigenvalue weighted by Gasteiger charge is -2.00. The molecule has 76 valence electrons. The summed E-state index contributed by atoms with van der Waals surface area (Å²) >= 11 is 3.70. The first-order valence-electron chi connectivity index (χ1n) is 4.25. The molecule has 0 amide bonds. The molecule has 5 heteroatoms. The van der Waals surface area contributed by atoms with Gasteiger partial charge in [0.15, 0.2) is 5.16 Å². The third-order valence-electron chi connectivity index (χ3n) is 1.69. The van der Waals surface area contributed by atoms with Gasteiger partial charge in [0.1, 0.15) is 0 Å². The van der Waals surface area contributed by atoms with Crippen LogP contribution < -0.4 is 5.73 Å². The van der Waals surface area contributed by atoms with Crippen molar-refractivity contribution >= 4 is 40.0 Å². The van der Waals surface area contributed by atoms with Crippen molar-refractivity contribution in [2.75, 3.05) is 5.73 Å². The minimum absolute atomic E-state index is 0.750. The highest BCUT2D eigenvalue weighted by molar-refractivity contribution is 14.1. The van der Waals surface area contributed by atoms with Crippen LogP contribution in [0.3, 0.4) is 0 Å². The van der Waals surface area contributed by atoms with Gasteiger partial charge in [-0.2, -0.15) is 0 Å². The normalized spacial score (nSPS) is 10.2. The van der Waals surface area contributed by atoms with Crippen molar-refractivity contribution < 1.29 is 0 Å². The van der Waals surface area contributed by atoms with Crippen LogP contribution in [-0.4, -0.2) is 9.97 Å². The van der Waals surface area contributed by atoms with Crippen molar-refractivity contribution in [2.24, 2.45) is 0 Å². The van der Waals surface area contributed by atoms with Crippen LogP contribution in [-0.2, 0) is 0 Å². The molecule has 0 spiro atoms. The summed E-state index contributed by atoms with van der Waals surface area (Å²) in [5.41, 5.74) is 6.36. The lowest BCUT2D eigenvalue weighted by atomic mass is 10.3. The molecule has 15 heavy (non-hydrogen) atoms. The fourth-order valence-corrected chi connectivity index (χ4v) is 1.97.